The predicted molar refractivity (Wildman–Crippen MR) is 294 cm³/mol. The number of phenols is 1. The van der Waals surface area contributed by atoms with E-state index in [4.69, 9.17) is 36.7 Å². The number of aliphatic hydroxyl groups excluding tert-OH is 1. The second kappa shape index (κ2) is 19.8. The van der Waals surface area contributed by atoms with Crippen LogP contribution >= 0.6 is 11.6 Å². The van der Waals surface area contributed by atoms with Gasteiger partial charge in [0, 0.05) is 86.1 Å². The zero-order valence-electron chi connectivity index (χ0n) is 44.2. The van der Waals surface area contributed by atoms with Crippen LogP contribution in [0.15, 0.2) is 101 Å². The minimum absolute atomic E-state index is 0.127. The number of aliphatic hydroxyl groups is 1. The topological polar surface area (TPSA) is 208 Å². The molecule has 3 aromatic heterocycles. The summed E-state index contributed by atoms with van der Waals surface area (Å²) >= 11 is 7.18. The number of nitrogen functional groups attached to an aromatic ring is 1. The summed E-state index contributed by atoms with van der Waals surface area (Å²) in [4.78, 5) is 39.7. The molecule has 6 atom stereocenters. The smallest absolute Gasteiger partial charge is 0.234 e. The number of nitrogens with one attached hydrogen (secondary N) is 1. The number of carbonyl (C=O) groups excluding carboxylic acids is 1. The standard InChI is InChI=1S/C59H66ClFN12O5/c1-33(2)50(56(76)72-32-42(74)22-48(72)55-65-58(3,78-69-55)38-14-12-35(13-15-38)43-8-4-6-10-45(43)61)53-51(60)52(68-77-53)36-24-59(25-36)26-41(27-59)70-20-18-34(19-21-70)37-28-63-57(64-29-37)73-39-16-17-40(73)31-71(30-39)47-23-46(66-67-54(47)62)44-9-5-7-11-49(44)75/h4-15,23,28-29,33-34,36,39-42,48,50,74-75H,16-22,24-27,30-32H2,1-3H3,(H2,62,67)(H,65,69)/t36-,39?,40?,41-,42-,48+,50-,58+,59?/m1/s1. The van der Waals surface area contributed by atoms with Crippen LogP contribution in [0.25, 0.3) is 22.4 Å². The summed E-state index contributed by atoms with van der Waals surface area (Å²) in [5.41, 5.74) is 11.7. The van der Waals surface area contributed by atoms with Gasteiger partial charge in [-0.25, -0.2) is 14.4 Å². The number of anilines is 3. The van der Waals surface area contributed by atoms with Crippen LogP contribution in [0.3, 0.4) is 0 Å². The molecule has 2 saturated carbocycles. The number of amidine groups is 1. The first-order valence-corrected chi connectivity index (χ1v) is 28.1. The Morgan fingerprint density at radius 3 is 2.26 bits per heavy atom. The van der Waals surface area contributed by atoms with Crippen molar-refractivity contribution < 1.29 is 28.8 Å². The number of oxime groups is 1. The summed E-state index contributed by atoms with van der Waals surface area (Å²) in [5, 5.41) is 42.8. The molecule has 2 aliphatic carbocycles. The van der Waals surface area contributed by atoms with E-state index in [9.17, 15) is 19.4 Å². The zero-order chi connectivity index (χ0) is 53.6. The predicted octanol–water partition coefficient (Wildman–Crippen LogP) is 8.94. The summed E-state index contributed by atoms with van der Waals surface area (Å²) in [5.74, 6) is 1.35. The molecule has 8 heterocycles. The molecular weight excluding hydrogens is 1010 g/mol. The van der Waals surface area contributed by atoms with E-state index in [1.807, 2.05) is 63.2 Å². The van der Waals surface area contributed by atoms with Gasteiger partial charge < -0.3 is 50.2 Å². The molecule has 5 aliphatic heterocycles. The normalized spacial score (nSPS) is 28.3. The zero-order valence-corrected chi connectivity index (χ0v) is 44.9. The molecule has 1 amide bonds. The van der Waals surface area contributed by atoms with Crippen LogP contribution in [0.4, 0.5) is 21.8 Å². The molecule has 78 heavy (non-hydrogen) atoms. The number of phenolic OH excluding ortho intramolecular Hbond substituents is 1. The van der Waals surface area contributed by atoms with Crippen LogP contribution in [0.1, 0.15) is 119 Å². The molecule has 19 heteroatoms. The van der Waals surface area contributed by atoms with Gasteiger partial charge in [-0.2, -0.15) is 0 Å². The van der Waals surface area contributed by atoms with Crippen LogP contribution in [-0.2, 0) is 15.4 Å². The highest BCUT2D eigenvalue weighted by Crippen LogP contribution is 2.64. The third-order valence-corrected chi connectivity index (χ3v) is 18.8. The first kappa shape index (κ1) is 50.6. The van der Waals surface area contributed by atoms with E-state index in [2.05, 4.69) is 52.9 Å². The molecule has 1 spiro atoms. The number of rotatable bonds is 12. The third kappa shape index (κ3) is 8.96. The first-order valence-electron chi connectivity index (χ1n) is 27.8. The largest absolute Gasteiger partial charge is 0.507 e. The van der Waals surface area contributed by atoms with Crippen LogP contribution in [0.2, 0.25) is 5.02 Å². The average Bonchev–Trinajstić information content (AvgIpc) is 4.31. The van der Waals surface area contributed by atoms with Crippen LogP contribution < -0.4 is 20.9 Å². The summed E-state index contributed by atoms with van der Waals surface area (Å²) < 4.78 is 20.6. The highest BCUT2D eigenvalue weighted by Gasteiger charge is 2.56. The molecule has 13 rings (SSSR count). The van der Waals surface area contributed by atoms with Crippen molar-refractivity contribution in [3.63, 3.8) is 0 Å². The van der Waals surface area contributed by atoms with Crippen molar-refractivity contribution in [3.05, 3.63) is 125 Å². The average molecular weight is 1080 g/mol. The van der Waals surface area contributed by atoms with Gasteiger partial charge in [0.1, 0.15) is 28.2 Å². The molecule has 7 aliphatic rings. The molecule has 2 bridgehead atoms. The van der Waals surface area contributed by atoms with Gasteiger partial charge in [0.2, 0.25) is 17.6 Å². The fourth-order valence-electron chi connectivity index (χ4n) is 14.2. The number of piperazine rings is 1. The number of β-amino-alcohol motifs (C(OH)–C–C–N with tert-alkyl or cyclic N) is 1. The van der Waals surface area contributed by atoms with Gasteiger partial charge in [0.25, 0.3) is 0 Å². The number of piperidine rings is 1. The molecule has 6 aromatic rings. The number of nitrogens with two attached hydrogens (primary N) is 1. The van der Waals surface area contributed by atoms with Gasteiger partial charge in [0.15, 0.2) is 17.4 Å². The van der Waals surface area contributed by atoms with Gasteiger partial charge in [-0.15, -0.1) is 10.2 Å². The maximum absolute atomic E-state index is 14.7. The fraction of sp³-hybridized carbons (Fsp3) is 0.475. The Morgan fingerprint density at radius 2 is 1.56 bits per heavy atom. The summed E-state index contributed by atoms with van der Waals surface area (Å²) in [6, 6.07) is 23.7. The Kier molecular flexibility index (Phi) is 12.8. The van der Waals surface area contributed by atoms with Crippen molar-refractivity contribution in [2.75, 3.05) is 48.3 Å². The highest BCUT2D eigenvalue weighted by atomic mass is 35.5. The van der Waals surface area contributed by atoms with Gasteiger partial charge in [-0.3, -0.25) is 4.79 Å². The number of nitrogens with zero attached hydrogens (tertiary/aromatic N) is 10. The van der Waals surface area contributed by atoms with Crippen LogP contribution in [0.5, 0.6) is 5.75 Å². The molecule has 4 saturated heterocycles. The molecule has 3 aromatic carbocycles. The lowest BCUT2D eigenvalue weighted by Crippen LogP contribution is -2.57. The number of aromatic nitrogens is 5. The van der Waals surface area contributed by atoms with Crippen molar-refractivity contribution in [3.8, 4) is 28.1 Å². The van der Waals surface area contributed by atoms with Crippen molar-refractivity contribution in [1.29, 1.82) is 0 Å². The lowest BCUT2D eigenvalue weighted by Gasteiger charge is -2.60. The summed E-state index contributed by atoms with van der Waals surface area (Å²) in [6.07, 6.45) is 12.2. The van der Waals surface area contributed by atoms with Gasteiger partial charge in [-0.1, -0.05) is 90.4 Å². The number of fused-ring (bicyclic) bond motifs is 2. The molecular formula is C59H66ClFN12O5. The quantitative estimate of drug-likeness (QED) is 0.0902. The maximum atomic E-state index is 14.7. The SMILES string of the molecule is CC(C)[C@@H](C(=O)N1C[C@H](O)C[C@H]1C1=NO[C@@](C)(c2ccc(-c3ccccc3F)cc2)N1)c1onc([C@H]2CC3(C2)C[C@H](N2CCC(c4cnc(N5C6CCC5CN(c5cc(-c7ccccc7O)nnc5N)C6)nc4)CC2)C3)c1Cl. The third-order valence-electron chi connectivity index (χ3n) is 18.4. The lowest BCUT2D eigenvalue weighted by molar-refractivity contribution is -0.134. The van der Waals surface area contributed by atoms with E-state index < -0.39 is 23.8 Å². The fourth-order valence-corrected chi connectivity index (χ4v) is 14.5. The molecule has 2 unspecified atom stereocenters. The molecule has 17 nitrogen and oxygen atoms in total. The van der Waals surface area contributed by atoms with Gasteiger partial charge >= 0.3 is 0 Å². The van der Waals surface area contributed by atoms with Gasteiger partial charge in [-0.05, 0) is 117 Å². The number of amides is 1. The second-order valence-corrected chi connectivity index (χ2v) is 24.0. The summed E-state index contributed by atoms with van der Waals surface area (Å²) in [7, 11) is 0. The van der Waals surface area contributed by atoms with Crippen LogP contribution in [-0.4, -0.2) is 120 Å². The molecule has 5 N–H and O–H groups in total. The van der Waals surface area contributed by atoms with E-state index in [-0.39, 0.29) is 59.8 Å². The minimum atomic E-state index is -1.05. The van der Waals surface area contributed by atoms with E-state index in [1.165, 1.54) is 11.6 Å². The number of hydrogen-bond acceptors (Lipinski definition) is 16. The lowest BCUT2D eigenvalue weighted by atomic mass is 9.49. The Hall–Kier alpha value is -6.89. The molecule has 0 radical (unpaired) electrons. The van der Waals surface area contributed by atoms with E-state index in [0.717, 1.165) is 106 Å². The number of para-hydroxylation sites is 1. The number of hydrogen-bond donors (Lipinski definition) is 4. The Morgan fingerprint density at radius 1 is 0.872 bits per heavy atom. The maximum Gasteiger partial charge on any atom is 0.234 e. The molecule has 6 fully saturated rings. The number of benzene rings is 3. The summed E-state index contributed by atoms with van der Waals surface area (Å²) in [6.45, 7) is 9.59. The number of carbonyl (C=O) groups is 1. The minimum Gasteiger partial charge on any atom is -0.507 e. The number of halogens is 2. The Labute approximate surface area is 458 Å². The Balaban J connectivity index is 0.590. The molecule has 406 valence electrons. The number of aromatic hydroxyl groups is 1. The van der Waals surface area contributed by atoms with E-state index >= 15 is 0 Å². The second-order valence-electron chi connectivity index (χ2n) is 23.7. The van der Waals surface area contributed by atoms with Crippen molar-refractivity contribution in [2.24, 2.45) is 16.5 Å². The van der Waals surface area contributed by atoms with Crippen molar-refractivity contribution >= 4 is 40.8 Å². The highest BCUT2D eigenvalue weighted by molar-refractivity contribution is 6.32. The van der Waals surface area contributed by atoms with E-state index in [0.29, 0.717) is 51.2 Å². The van der Waals surface area contributed by atoms with Gasteiger partial charge in [0.05, 0.1) is 23.5 Å². The monoisotopic (exact) mass is 1080 g/mol. The number of likely N-dealkylation sites (tertiary alicyclic amines) is 2. The first-order chi connectivity index (χ1) is 37.7. The van der Waals surface area contributed by atoms with Crippen molar-refractivity contribution in [1.82, 2.24) is 40.4 Å². The van der Waals surface area contributed by atoms with Crippen LogP contribution in [0, 0.1) is 17.2 Å². The Bertz CT molecular complexity index is 3240. The van der Waals surface area contributed by atoms with E-state index in [1.54, 1.807) is 35.2 Å². The van der Waals surface area contributed by atoms with Crippen molar-refractivity contribution in [2.45, 2.75) is 132 Å².